The average Bonchev–Trinajstić information content (AvgIpc) is 2.42. The Morgan fingerprint density at radius 1 is 1.19 bits per heavy atom. The van der Waals surface area contributed by atoms with E-state index in [4.69, 9.17) is 0 Å². The number of nitrogens with zero attached hydrogens (tertiary/aromatic N) is 1. The van der Waals surface area contributed by atoms with Crippen LogP contribution in [0.3, 0.4) is 0 Å². The summed E-state index contributed by atoms with van der Waals surface area (Å²) in [5.41, 5.74) is -0.0915. The summed E-state index contributed by atoms with van der Waals surface area (Å²) in [5.74, 6) is -4.31. The monoisotopic (exact) mass is 371 g/mol. The van der Waals surface area contributed by atoms with E-state index in [1.165, 1.54) is 4.90 Å². The maximum Gasteiger partial charge on any atom is 0.391 e. The van der Waals surface area contributed by atoms with Crippen molar-refractivity contribution in [1.29, 1.82) is 0 Å². The van der Waals surface area contributed by atoms with E-state index in [-0.39, 0.29) is 36.0 Å². The van der Waals surface area contributed by atoms with Gasteiger partial charge in [0.25, 0.3) is 5.91 Å². The summed E-state index contributed by atoms with van der Waals surface area (Å²) >= 11 is 2.79. The summed E-state index contributed by atoms with van der Waals surface area (Å²) in [7, 11) is 0. The maximum atomic E-state index is 13.3. The first-order chi connectivity index (χ1) is 9.70. The summed E-state index contributed by atoms with van der Waals surface area (Å²) in [6.45, 7) is -0.112. The van der Waals surface area contributed by atoms with E-state index in [1.54, 1.807) is 0 Å². The van der Waals surface area contributed by atoms with E-state index in [2.05, 4.69) is 15.9 Å². The lowest BCUT2D eigenvalue weighted by Gasteiger charge is -2.33. The van der Waals surface area contributed by atoms with Crippen LogP contribution in [0.15, 0.2) is 16.6 Å². The first kappa shape index (κ1) is 16.2. The Morgan fingerprint density at radius 2 is 1.76 bits per heavy atom. The second-order valence-corrected chi connectivity index (χ2v) is 5.72. The molecule has 0 N–H and O–H groups in total. The lowest BCUT2D eigenvalue weighted by atomic mass is 9.96. The Labute approximate surface area is 126 Å². The molecule has 2 nitrogen and oxygen atoms in total. The highest BCUT2D eigenvalue weighted by Crippen LogP contribution is 2.34. The Kier molecular flexibility index (Phi) is 4.55. The van der Waals surface area contributed by atoms with E-state index in [0.29, 0.717) is 0 Å². The molecule has 1 heterocycles. The van der Waals surface area contributed by atoms with Crippen LogP contribution in [0.1, 0.15) is 23.2 Å². The molecule has 116 valence electrons. The number of piperidine rings is 1. The number of carbonyl (C=O) groups excluding carboxylic acids is 1. The molecule has 1 fully saturated rings. The van der Waals surface area contributed by atoms with Gasteiger partial charge in [0.1, 0.15) is 0 Å². The molecular weight excluding hydrogens is 361 g/mol. The lowest BCUT2D eigenvalue weighted by Crippen LogP contribution is -2.42. The van der Waals surface area contributed by atoms with Gasteiger partial charge in [0, 0.05) is 18.7 Å². The van der Waals surface area contributed by atoms with E-state index in [1.807, 2.05) is 0 Å². The summed E-state index contributed by atoms with van der Waals surface area (Å²) in [6.07, 6.45) is -4.62. The van der Waals surface area contributed by atoms with Crippen LogP contribution in [0.25, 0.3) is 0 Å². The minimum Gasteiger partial charge on any atom is -0.339 e. The third kappa shape index (κ3) is 3.53. The first-order valence-electron chi connectivity index (χ1n) is 6.20. The maximum absolute atomic E-state index is 13.3. The topological polar surface area (TPSA) is 20.3 Å². The van der Waals surface area contributed by atoms with Crippen LogP contribution in [0.5, 0.6) is 0 Å². The number of alkyl halides is 3. The Balaban J connectivity index is 2.09. The van der Waals surface area contributed by atoms with Gasteiger partial charge in [0.15, 0.2) is 11.6 Å². The molecule has 21 heavy (non-hydrogen) atoms. The zero-order valence-corrected chi connectivity index (χ0v) is 12.3. The van der Waals surface area contributed by atoms with Gasteiger partial charge in [-0.25, -0.2) is 8.78 Å². The number of hydrogen-bond donors (Lipinski definition) is 0. The summed E-state index contributed by atoms with van der Waals surface area (Å²) in [6, 6.07) is 1.87. The molecule has 1 aromatic rings. The summed E-state index contributed by atoms with van der Waals surface area (Å²) < 4.78 is 63.8. The van der Waals surface area contributed by atoms with Crippen molar-refractivity contribution in [3.05, 3.63) is 33.8 Å². The predicted molar refractivity (Wildman–Crippen MR) is 68.7 cm³/mol. The van der Waals surface area contributed by atoms with Gasteiger partial charge in [0.2, 0.25) is 0 Å². The SMILES string of the molecule is O=C(c1cc(F)c(F)c(Br)c1)N1CCC(C(F)(F)F)CC1. The van der Waals surface area contributed by atoms with Crippen molar-refractivity contribution in [2.24, 2.45) is 5.92 Å². The number of benzene rings is 1. The van der Waals surface area contributed by atoms with E-state index < -0.39 is 29.6 Å². The fourth-order valence-electron chi connectivity index (χ4n) is 2.27. The van der Waals surface area contributed by atoms with E-state index >= 15 is 0 Å². The van der Waals surface area contributed by atoms with Gasteiger partial charge in [-0.05, 0) is 40.9 Å². The minimum atomic E-state index is -4.26. The highest BCUT2D eigenvalue weighted by Gasteiger charge is 2.41. The minimum absolute atomic E-state index is 0.0559. The van der Waals surface area contributed by atoms with Crippen LogP contribution in [0.4, 0.5) is 22.0 Å². The highest BCUT2D eigenvalue weighted by atomic mass is 79.9. The van der Waals surface area contributed by atoms with Crippen LogP contribution < -0.4 is 0 Å². The third-order valence-electron chi connectivity index (χ3n) is 3.48. The second-order valence-electron chi connectivity index (χ2n) is 4.86. The smallest absolute Gasteiger partial charge is 0.339 e. The van der Waals surface area contributed by atoms with E-state index in [0.717, 1.165) is 12.1 Å². The molecular formula is C13H11BrF5NO. The molecule has 0 radical (unpaired) electrons. The zero-order chi connectivity index (χ0) is 15.8. The largest absolute Gasteiger partial charge is 0.391 e. The zero-order valence-electron chi connectivity index (χ0n) is 10.7. The number of rotatable bonds is 1. The van der Waals surface area contributed by atoms with Crippen molar-refractivity contribution in [2.45, 2.75) is 19.0 Å². The summed E-state index contributed by atoms with van der Waals surface area (Å²) in [5, 5.41) is 0. The Morgan fingerprint density at radius 3 is 2.24 bits per heavy atom. The van der Waals surface area contributed by atoms with Crippen LogP contribution in [0.2, 0.25) is 0 Å². The lowest BCUT2D eigenvalue weighted by molar-refractivity contribution is -0.183. The molecule has 1 amide bonds. The molecule has 1 aliphatic rings. The Hall–Kier alpha value is -1.18. The van der Waals surface area contributed by atoms with Crippen molar-refractivity contribution >= 4 is 21.8 Å². The van der Waals surface area contributed by atoms with Gasteiger partial charge < -0.3 is 4.90 Å². The molecule has 0 atom stereocenters. The number of carbonyl (C=O) groups is 1. The van der Waals surface area contributed by atoms with Crippen LogP contribution >= 0.6 is 15.9 Å². The number of hydrogen-bond acceptors (Lipinski definition) is 1. The first-order valence-corrected chi connectivity index (χ1v) is 7.00. The van der Waals surface area contributed by atoms with Gasteiger partial charge in [-0.2, -0.15) is 13.2 Å². The normalized spacial score (nSPS) is 17.1. The third-order valence-corrected chi connectivity index (χ3v) is 4.05. The van der Waals surface area contributed by atoms with Gasteiger partial charge in [0.05, 0.1) is 10.4 Å². The van der Waals surface area contributed by atoms with Gasteiger partial charge in [-0.3, -0.25) is 4.79 Å². The number of likely N-dealkylation sites (tertiary alicyclic amines) is 1. The molecule has 2 rings (SSSR count). The molecule has 8 heteroatoms. The van der Waals surface area contributed by atoms with Gasteiger partial charge >= 0.3 is 6.18 Å². The molecule has 0 saturated carbocycles. The van der Waals surface area contributed by atoms with Crippen LogP contribution in [-0.2, 0) is 0 Å². The number of halogens is 6. The van der Waals surface area contributed by atoms with Gasteiger partial charge in [-0.1, -0.05) is 0 Å². The molecule has 0 spiro atoms. The van der Waals surface area contributed by atoms with Crippen molar-refractivity contribution < 1.29 is 26.7 Å². The quantitative estimate of drug-likeness (QED) is 0.536. The van der Waals surface area contributed by atoms with Crippen molar-refractivity contribution in [2.75, 3.05) is 13.1 Å². The molecule has 0 aromatic heterocycles. The van der Waals surface area contributed by atoms with Crippen LogP contribution in [-0.4, -0.2) is 30.1 Å². The van der Waals surface area contributed by atoms with Crippen molar-refractivity contribution in [3.8, 4) is 0 Å². The van der Waals surface area contributed by atoms with Crippen molar-refractivity contribution in [1.82, 2.24) is 4.90 Å². The fourth-order valence-corrected chi connectivity index (χ4v) is 2.71. The Bertz CT molecular complexity index is 529. The highest BCUT2D eigenvalue weighted by molar-refractivity contribution is 9.10. The predicted octanol–water partition coefficient (Wildman–Crippen LogP) is 4.14. The van der Waals surface area contributed by atoms with Crippen molar-refractivity contribution in [3.63, 3.8) is 0 Å². The van der Waals surface area contributed by atoms with E-state index in [9.17, 15) is 26.7 Å². The van der Waals surface area contributed by atoms with Gasteiger partial charge in [-0.15, -0.1) is 0 Å². The fraction of sp³-hybridized carbons (Fsp3) is 0.462. The molecule has 0 bridgehead atoms. The summed E-state index contributed by atoms with van der Waals surface area (Å²) in [4.78, 5) is 13.3. The molecule has 1 saturated heterocycles. The van der Waals surface area contributed by atoms with Crippen LogP contribution in [0, 0.1) is 17.6 Å². The average molecular weight is 372 g/mol. The molecule has 0 unspecified atom stereocenters. The molecule has 1 aromatic carbocycles. The molecule has 0 aliphatic carbocycles. The molecule has 1 aliphatic heterocycles. The second kappa shape index (κ2) is 5.90. The number of amides is 1. The standard InChI is InChI=1S/C13H11BrF5NO/c14-9-5-7(6-10(15)11(9)16)12(21)20-3-1-8(2-4-20)13(17,18)19/h5-6,8H,1-4H2.